The summed E-state index contributed by atoms with van der Waals surface area (Å²) in [5.41, 5.74) is -0.599. The van der Waals surface area contributed by atoms with Gasteiger partial charge in [0.2, 0.25) is 0 Å². The number of aliphatic hydroxyl groups is 3. The van der Waals surface area contributed by atoms with Crippen molar-refractivity contribution in [3.63, 3.8) is 0 Å². The van der Waals surface area contributed by atoms with E-state index in [0.29, 0.717) is 0 Å². The van der Waals surface area contributed by atoms with E-state index in [0.717, 1.165) is 0 Å². The molecule has 1 rings (SSSR count). The molecule has 0 unspecified atom stereocenters. The first-order valence-electron chi connectivity index (χ1n) is 5.23. The lowest BCUT2D eigenvalue weighted by molar-refractivity contribution is -0.104. The van der Waals surface area contributed by atoms with Gasteiger partial charge in [-0.2, -0.15) is 0 Å². The summed E-state index contributed by atoms with van der Waals surface area (Å²) >= 11 is 0. The highest BCUT2D eigenvalue weighted by molar-refractivity contribution is 5.68. The zero-order valence-corrected chi connectivity index (χ0v) is 9.75. The second-order valence-corrected chi connectivity index (χ2v) is 5.03. The quantitative estimate of drug-likeness (QED) is 0.532. The first kappa shape index (κ1) is 13.2. The van der Waals surface area contributed by atoms with Crippen molar-refractivity contribution in [3.8, 4) is 0 Å². The smallest absolute Gasteiger partial charge is 0.410 e. The summed E-state index contributed by atoms with van der Waals surface area (Å²) in [5.74, 6) is -0.729. The van der Waals surface area contributed by atoms with Crippen molar-refractivity contribution in [1.29, 1.82) is 0 Å². The van der Waals surface area contributed by atoms with E-state index in [1.165, 1.54) is 4.90 Å². The largest absolute Gasteiger partial charge is 0.444 e. The van der Waals surface area contributed by atoms with Crippen molar-refractivity contribution in [1.82, 2.24) is 4.90 Å². The van der Waals surface area contributed by atoms with Crippen LogP contribution in [0.3, 0.4) is 0 Å². The standard InChI is InChI=1S/C10H19NO5/c1-10(2,3)16-9(15)11-4-6(8(13)14)7(12)5-11/h6-8,12-14H,4-5H2,1-3H3/t6-,7-/m0/s1. The lowest BCUT2D eigenvalue weighted by Crippen LogP contribution is -2.36. The van der Waals surface area contributed by atoms with Gasteiger partial charge in [0.15, 0.2) is 6.29 Å². The first-order chi connectivity index (χ1) is 7.20. The number of hydrogen-bond acceptors (Lipinski definition) is 5. The second kappa shape index (κ2) is 4.57. The molecule has 0 spiro atoms. The highest BCUT2D eigenvalue weighted by Gasteiger charge is 2.39. The minimum atomic E-state index is -1.62. The number of likely N-dealkylation sites (tertiary alicyclic amines) is 1. The Kier molecular flexibility index (Phi) is 3.77. The third kappa shape index (κ3) is 3.33. The van der Waals surface area contributed by atoms with Crippen LogP contribution < -0.4 is 0 Å². The molecule has 1 amide bonds. The fourth-order valence-electron chi connectivity index (χ4n) is 1.58. The van der Waals surface area contributed by atoms with Gasteiger partial charge in [-0.25, -0.2) is 4.79 Å². The molecule has 0 aromatic heterocycles. The normalized spacial score (nSPS) is 26.3. The van der Waals surface area contributed by atoms with Crippen LogP contribution in [0.5, 0.6) is 0 Å². The van der Waals surface area contributed by atoms with Crippen molar-refractivity contribution in [2.45, 2.75) is 38.8 Å². The summed E-state index contributed by atoms with van der Waals surface area (Å²) in [7, 11) is 0. The summed E-state index contributed by atoms with van der Waals surface area (Å²) in [4.78, 5) is 12.9. The Balaban J connectivity index is 2.55. The number of ether oxygens (including phenoxy) is 1. The van der Waals surface area contributed by atoms with Gasteiger partial charge >= 0.3 is 6.09 Å². The summed E-state index contributed by atoms with van der Waals surface area (Å²) in [5, 5.41) is 27.5. The van der Waals surface area contributed by atoms with Crippen LogP contribution in [0.25, 0.3) is 0 Å². The van der Waals surface area contributed by atoms with Gasteiger partial charge in [0.05, 0.1) is 18.6 Å². The van der Waals surface area contributed by atoms with E-state index in [-0.39, 0.29) is 13.1 Å². The fraction of sp³-hybridized carbons (Fsp3) is 0.900. The van der Waals surface area contributed by atoms with E-state index in [9.17, 15) is 9.90 Å². The Morgan fingerprint density at radius 2 is 1.94 bits per heavy atom. The molecule has 94 valence electrons. The number of carbonyl (C=O) groups excluding carboxylic acids is 1. The molecule has 0 saturated carbocycles. The number of amides is 1. The SMILES string of the molecule is CC(C)(C)OC(=O)N1C[C@H](C(O)O)[C@@H](O)C1. The van der Waals surface area contributed by atoms with Gasteiger partial charge < -0.3 is 25.0 Å². The highest BCUT2D eigenvalue weighted by atomic mass is 16.6. The maximum atomic E-state index is 11.6. The molecule has 0 aliphatic carbocycles. The third-order valence-corrected chi connectivity index (χ3v) is 2.37. The summed E-state index contributed by atoms with van der Waals surface area (Å²) < 4.78 is 5.11. The zero-order valence-electron chi connectivity index (χ0n) is 9.75. The fourth-order valence-corrected chi connectivity index (χ4v) is 1.58. The van der Waals surface area contributed by atoms with Crippen LogP contribution in [0.1, 0.15) is 20.8 Å². The van der Waals surface area contributed by atoms with Crippen LogP contribution in [-0.2, 0) is 4.74 Å². The van der Waals surface area contributed by atoms with Crippen molar-refractivity contribution in [2.75, 3.05) is 13.1 Å². The molecule has 3 N–H and O–H groups in total. The van der Waals surface area contributed by atoms with Crippen LogP contribution in [0.15, 0.2) is 0 Å². The Labute approximate surface area is 94.4 Å². The van der Waals surface area contributed by atoms with Crippen LogP contribution in [0.2, 0.25) is 0 Å². The van der Waals surface area contributed by atoms with Gasteiger partial charge in [-0.3, -0.25) is 0 Å². The number of β-amino-alcohol motifs (C(OH)–C–C–N with tert-alkyl or cyclic N) is 1. The maximum absolute atomic E-state index is 11.6. The van der Waals surface area contributed by atoms with Gasteiger partial charge in [-0.05, 0) is 20.8 Å². The van der Waals surface area contributed by atoms with Crippen molar-refractivity contribution in [2.24, 2.45) is 5.92 Å². The molecular weight excluding hydrogens is 214 g/mol. The average Bonchev–Trinajstić information content (AvgIpc) is 2.44. The minimum absolute atomic E-state index is 0.0667. The van der Waals surface area contributed by atoms with Crippen LogP contribution in [0, 0.1) is 5.92 Å². The number of aliphatic hydroxyl groups excluding tert-OH is 2. The minimum Gasteiger partial charge on any atom is -0.444 e. The van der Waals surface area contributed by atoms with E-state index in [1.54, 1.807) is 20.8 Å². The zero-order chi connectivity index (χ0) is 12.5. The topological polar surface area (TPSA) is 90.2 Å². The maximum Gasteiger partial charge on any atom is 0.410 e. The molecule has 1 aliphatic rings. The molecule has 1 aliphatic heterocycles. The summed E-state index contributed by atoms with van der Waals surface area (Å²) in [6.07, 6.45) is -3.09. The van der Waals surface area contributed by atoms with Gasteiger partial charge in [0.25, 0.3) is 0 Å². The van der Waals surface area contributed by atoms with Crippen molar-refractivity contribution < 1.29 is 24.9 Å². The van der Waals surface area contributed by atoms with Gasteiger partial charge in [0, 0.05) is 6.54 Å². The number of hydrogen-bond donors (Lipinski definition) is 3. The number of rotatable bonds is 1. The highest BCUT2D eigenvalue weighted by Crippen LogP contribution is 2.21. The Bertz CT molecular complexity index is 260. The third-order valence-electron chi connectivity index (χ3n) is 2.37. The lowest BCUT2D eigenvalue weighted by Gasteiger charge is -2.24. The Morgan fingerprint density at radius 3 is 2.31 bits per heavy atom. The van der Waals surface area contributed by atoms with E-state index < -0.39 is 30.0 Å². The summed E-state index contributed by atoms with van der Waals surface area (Å²) in [6, 6.07) is 0. The average molecular weight is 233 g/mol. The predicted molar refractivity (Wildman–Crippen MR) is 55.5 cm³/mol. The molecular formula is C10H19NO5. The first-order valence-corrected chi connectivity index (χ1v) is 5.23. The van der Waals surface area contributed by atoms with Crippen LogP contribution in [-0.4, -0.2) is 57.4 Å². The molecule has 2 atom stereocenters. The molecule has 1 saturated heterocycles. The van der Waals surface area contributed by atoms with Crippen LogP contribution in [0.4, 0.5) is 4.79 Å². The molecule has 1 fully saturated rings. The molecule has 0 bridgehead atoms. The van der Waals surface area contributed by atoms with E-state index in [2.05, 4.69) is 0 Å². The number of carbonyl (C=O) groups is 1. The lowest BCUT2D eigenvalue weighted by atomic mass is 10.1. The molecule has 1 heterocycles. The molecule has 0 aromatic rings. The van der Waals surface area contributed by atoms with Crippen molar-refractivity contribution in [3.05, 3.63) is 0 Å². The molecule has 0 radical (unpaired) electrons. The summed E-state index contributed by atoms with van der Waals surface area (Å²) in [6.45, 7) is 5.40. The van der Waals surface area contributed by atoms with E-state index in [4.69, 9.17) is 14.9 Å². The monoisotopic (exact) mass is 233 g/mol. The molecule has 6 nitrogen and oxygen atoms in total. The number of nitrogens with zero attached hydrogens (tertiary/aromatic N) is 1. The molecule has 16 heavy (non-hydrogen) atoms. The van der Waals surface area contributed by atoms with Gasteiger partial charge in [0.1, 0.15) is 5.60 Å². The predicted octanol–water partition coefficient (Wildman–Crippen LogP) is -0.475. The van der Waals surface area contributed by atoms with Crippen molar-refractivity contribution >= 4 is 6.09 Å². The second-order valence-electron chi connectivity index (χ2n) is 5.03. The Morgan fingerprint density at radius 1 is 1.38 bits per heavy atom. The van der Waals surface area contributed by atoms with Gasteiger partial charge in [-0.15, -0.1) is 0 Å². The van der Waals surface area contributed by atoms with Gasteiger partial charge in [-0.1, -0.05) is 0 Å². The van der Waals surface area contributed by atoms with Crippen LogP contribution >= 0.6 is 0 Å². The molecule has 0 aromatic carbocycles. The van der Waals surface area contributed by atoms with E-state index >= 15 is 0 Å². The Hall–Kier alpha value is -0.850. The van der Waals surface area contributed by atoms with E-state index in [1.807, 2.05) is 0 Å². The molecule has 6 heteroatoms.